The fourth-order valence-corrected chi connectivity index (χ4v) is 2.62. The molecule has 1 N–H and O–H groups in total. The molecule has 1 nitrogen and oxygen atoms in total. The first-order valence-corrected chi connectivity index (χ1v) is 6.66. The van der Waals surface area contributed by atoms with Gasteiger partial charge in [-0.2, -0.15) is 26.3 Å². The number of nitrogens with one attached hydrogen (secondary N) is 1. The number of hydrogen-bond acceptors (Lipinski definition) is 1. The Kier molecular flexibility index (Phi) is 4.51. The first-order valence-electron chi connectivity index (χ1n) is 6.66. The highest BCUT2D eigenvalue weighted by Gasteiger charge is 2.57. The molecule has 1 aromatic carbocycles. The van der Waals surface area contributed by atoms with Gasteiger partial charge in [-0.05, 0) is 30.5 Å². The van der Waals surface area contributed by atoms with Gasteiger partial charge in [-0.3, -0.25) is 0 Å². The van der Waals surface area contributed by atoms with Crippen LogP contribution in [-0.4, -0.2) is 18.9 Å². The summed E-state index contributed by atoms with van der Waals surface area (Å²) in [4.78, 5) is 0. The summed E-state index contributed by atoms with van der Waals surface area (Å²) in [5, 5.41) is 3.20. The first kappa shape index (κ1) is 16.1. The number of rotatable bonds is 2. The fraction of sp³-hybridized carbons (Fsp3) is 0.571. The molecule has 0 saturated carbocycles. The van der Waals surface area contributed by atoms with Crippen molar-refractivity contribution in [1.29, 1.82) is 0 Å². The summed E-state index contributed by atoms with van der Waals surface area (Å²) in [6.45, 7) is 0.806. The molecule has 7 heteroatoms. The third-order valence-corrected chi connectivity index (χ3v) is 3.64. The van der Waals surface area contributed by atoms with Gasteiger partial charge in [0.05, 0.1) is 0 Å². The van der Waals surface area contributed by atoms with Crippen LogP contribution in [0.5, 0.6) is 0 Å². The molecule has 0 aromatic heterocycles. The van der Waals surface area contributed by atoms with Gasteiger partial charge in [0.25, 0.3) is 0 Å². The molecule has 0 aliphatic carbocycles. The van der Waals surface area contributed by atoms with Gasteiger partial charge < -0.3 is 5.32 Å². The predicted molar refractivity (Wildman–Crippen MR) is 65.9 cm³/mol. The number of hydrogen-bond donors (Lipinski definition) is 1. The second-order valence-electron chi connectivity index (χ2n) is 5.19. The van der Waals surface area contributed by atoms with E-state index in [1.807, 2.05) is 0 Å². The SMILES string of the molecule is FC(F)(F)C(c1ccc(C2CCCCN2)cc1)C(F)(F)F. The summed E-state index contributed by atoms with van der Waals surface area (Å²) in [7, 11) is 0. The maximum absolute atomic E-state index is 12.6. The molecule has 1 aliphatic heterocycles. The zero-order valence-electron chi connectivity index (χ0n) is 11.1. The van der Waals surface area contributed by atoms with E-state index in [0.29, 0.717) is 0 Å². The Balaban J connectivity index is 2.23. The molecular weight excluding hydrogens is 296 g/mol. The van der Waals surface area contributed by atoms with Gasteiger partial charge in [0, 0.05) is 6.04 Å². The van der Waals surface area contributed by atoms with Crippen LogP contribution in [0.25, 0.3) is 0 Å². The summed E-state index contributed by atoms with van der Waals surface area (Å²) in [5.41, 5.74) is -0.0453. The van der Waals surface area contributed by atoms with Crippen molar-refractivity contribution in [2.75, 3.05) is 6.54 Å². The van der Waals surface area contributed by atoms with E-state index >= 15 is 0 Å². The minimum atomic E-state index is -5.34. The molecule has 0 radical (unpaired) electrons. The normalized spacial score (nSPS) is 20.8. The van der Waals surface area contributed by atoms with Crippen LogP contribution in [0.2, 0.25) is 0 Å². The van der Waals surface area contributed by atoms with Crippen molar-refractivity contribution in [2.45, 2.75) is 43.6 Å². The van der Waals surface area contributed by atoms with Gasteiger partial charge in [-0.15, -0.1) is 0 Å². The maximum Gasteiger partial charge on any atom is 0.404 e. The van der Waals surface area contributed by atoms with Crippen molar-refractivity contribution in [3.63, 3.8) is 0 Å². The quantitative estimate of drug-likeness (QED) is 0.780. The van der Waals surface area contributed by atoms with Gasteiger partial charge in [0.2, 0.25) is 0 Å². The standard InChI is InChI=1S/C14H15F6N/c15-13(16,17)12(14(18,19)20)10-6-4-9(5-7-10)11-3-1-2-8-21-11/h4-7,11-12,21H,1-3,8H2. The minimum absolute atomic E-state index is 0.00280. The van der Waals surface area contributed by atoms with Gasteiger partial charge in [0.1, 0.15) is 0 Å². The molecule has 0 amide bonds. The second-order valence-corrected chi connectivity index (χ2v) is 5.19. The summed E-state index contributed by atoms with van der Waals surface area (Å²) < 4.78 is 75.7. The van der Waals surface area contributed by atoms with Gasteiger partial charge in [0.15, 0.2) is 5.92 Å². The largest absolute Gasteiger partial charge is 0.404 e. The number of alkyl halides is 6. The molecule has 2 rings (SSSR count). The lowest BCUT2D eigenvalue weighted by molar-refractivity contribution is -0.253. The molecule has 0 bridgehead atoms. The zero-order chi connectivity index (χ0) is 15.7. The average molecular weight is 311 g/mol. The Hall–Kier alpha value is -1.24. The molecule has 1 atom stereocenters. The average Bonchev–Trinajstić information content (AvgIpc) is 2.37. The lowest BCUT2D eigenvalue weighted by Crippen LogP contribution is -2.34. The molecule has 1 aliphatic rings. The second kappa shape index (κ2) is 5.87. The topological polar surface area (TPSA) is 12.0 Å². The fourth-order valence-electron chi connectivity index (χ4n) is 2.62. The van der Waals surface area contributed by atoms with Crippen molar-refractivity contribution in [3.05, 3.63) is 35.4 Å². The summed E-state index contributed by atoms with van der Waals surface area (Å²) in [6.07, 6.45) is -7.83. The van der Waals surface area contributed by atoms with Crippen LogP contribution in [0.4, 0.5) is 26.3 Å². The van der Waals surface area contributed by atoms with Crippen molar-refractivity contribution in [2.24, 2.45) is 0 Å². The Labute approximate surface area is 118 Å². The minimum Gasteiger partial charge on any atom is -0.310 e. The van der Waals surface area contributed by atoms with Crippen molar-refractivity contribution >= 4 is 0 Å². The van der Waals surface area contributed by atoms with Gasteiger partial charge in [-0.1, -0.05) is 30.7 Å². The summed E-state index contributed by atoms with van der Waals surface area (Å²) in [5.74, 6) is -3.43. The van der Waals surface area contributed by atoms with E-state index in [0.717, 1.165) is 43.5 Å². The molecule has 1 fully saturated rings. The molecule has 1 aromatic rings. The highest BCUT2D eigenvalue weighted by molar-refractivity contribution is 5.29. The van der Waals surface area contributed by atoms with Crippen LogP contribution in [0.15, 0.2) is 24.3 Å². The highest BCUT2D eigenvalue weighted by atomic mass is 19.4. The van der Waals surface area contributed by atoms with Crippen LogP contribution >= 0.6 is 0 Å². The monoisotopic (exact) mass is 311 g/mol. The first-order chi connectivity index (χ1) is 9.69. The van der Waals surface area contributed by atoms with Crippen LogP contribution in [0, 0.1) is 0 Å². The van der Waals surface area contributed by atoms with Gasteiger partial charge >= 0.3 is 12.4 Å². The van der Waals surface area contributed by atoms with Crippen LogP contribution < -0.4 is 5.32 Å². The van der Waals surface area contributed by atoms with Crippen molar-refractivity contribution < 1.29 is 26.3 Å². The smallest absolute Gasteiger partial charge is 0.310 e. The number of benzene rings is 1. The Morgan fingerprint density at radius 3 is 1.90 bits per heavy atom. The molecule has 21 heavy (non-hydrogen) atoms. The van der Waals surface area contributed by atoms with E-state index in [2.05, 4.69) is 5.32 Å². The maximum atomic E-state index is 12.6. The van der Waals surface area contributed by atoms with E-state index in [1.54, 1.807) is 0 Å². The number of halogens is 6. The lowest BCUT2D eigenvalue weighted by atomic mass is 9.93. The lowest BCUT2D eigenvalue weighted by Gasteiger charge is -2.26. The Bertz CT molecular complexity index is 442. The third-order valence-electron chi connectivity index (χ3n) is 3.64. The summed E-state index contributed by atoms with van der Waals surface area (Å²) in [6, 6.07) is 4.56. The van der Waals surface area contributed by atoms with Crippen LogP contribution in [0.3, 0.4) is 0 Å². The van der Waals surface area contributed by atoms with Crippen LogP contribution in [0.1, 0.15) is 42.3 Å². The molecule has 0 spiro atoms. The Morgan fingerprint density at radius 1 is 0.905 bits per heavy atom. The molecule has 1 unspecified atom stereocenters. The van der Waals surface area contributed by atoms with E-state index in [4.69, 9.17) is 0 Å². The molecule has 1 heterocycles. The zero-order valence-corrected chi connectivity index (χ0v) is 11.1. The summed E-state index contributed by atoms with van der Waals surface area (Å²) >= 11 is 0. The van der Waals surface area contributed by atoms with Crippen molar-refractivity contribution in [3.8, 4) is 0 Å². The highest BCUT2D eigenvalue weighted by Crippen LogP contribution is 2.46. The van der Waals surface area contributed by atoms with E-state index in [-0.39, 0.29) is 6.04 Å². The van der Waals surface area contributed by atoms with E-state index < -0.39 is 23.8 Å². The molecule has 1 saturated heterocycles. The molecule has 118 valence electrons. The number of piperidine rings is 1. The van der Waals surface area contributed by atoms with Crippen LogP contribution in [-0.2, 0) is 0 Å². The van der Waals surface area contributed by atoms with E-state index in [9.17, 15) is 26.3 Å². The third kappa shape index (κ3) is 3.90. The Morgan fingerprint density at radius 2 is 1.48 bits per heavy atom. The predicted octanol–water partition coefficient (Wildman–Crippen LogP) is 4.71. The van der Waals surface area contributed by atoms with Gasteiger partial charge in [-0.25, -0.2) is 0 Å². The van der Waals surface area contributed by atoms with Crippen molar-refractivity contribution in [1.82, 2.24) is 5.32 Å². The van der Waals surface area contributed by atoms with E-state index in [1.165, 1.54) is 12.1 Å². The molecular formula is C14H15F6N.